The zero-order valence-corrected chi connectivity index (χ0v) is 24.5. The number of rotatable bonds is 16. The number of benzene rings is 1. The molecule has 1 amide bonds. The van der Waals surface area contributed by atoms with E-state index in [1.165, 1.54) is 27.5 Å². The number of hydrogen-bond acceptors (Lipinski definition) is 5. The summed E-state index contributed by atoms with van der Waals surface area (Å²) in [6.07, 6.45) is 8.32. The summed E-state index contributed by atoms with van der Waals surface area (Å²) in [7, 11) is 2.55. The van der Waals surface area contributed by atoms with E-state index in [2.05, 4.69) is 30.2 Å². The van der Waals surface area contributed by atoms with E-state index in [1.54, 1.807) is 30.3 Å². The van der Waals surface area contributed by atoms with Crippen LogP contribution in [-0.2, 0) is 19.1 Å². The van der Waals surface area contributed by atoms with Crippen LogP contribution in [-0.4, -0.2) is 56.0 Å². The Morgan fingerprint density at radius 3 is 1.85 bits per heavy atom. The summed E-state index contributed by atoms with van der Waals surface area (Å²) >= 11 is -2.83. The van der Waals surface area contributed by atoms with Gasteiger partial charge in [-0.05, 0) is 0 Å². The Morgan fingerprint density at radius 2 is 1.41 bits per heavy atom. The molecule has 0 saturated heterocycles. The molecule has 34 heavy (non-hydrogen) atoms. The first kappa shape index (κ1) is 30.2. The van der Waals surface area contributed by atoms with Crippen LogP contribution in [0.1, 0.15) is 76.1 Å². The molecule has 0 spiro atoms. The van der Waals surface area contributed by atoms with Gasteiger partial charge in [-0.3, -0.25) is 0 Å². The van der Waals surface area contributed by atoms with Gasteiger partial charge in [-0.1, -0.05) is 0 Å². The van der Waals surface area contributed by atoms with E-state index >= 15 is 0 Å². The molecular weight excluding hydrogens is 537 g/mol. The van der Waals surface area contributed by atoms with Gasteiger partial charge in [0.05, 0.1) is 0 Å². The van der Waals surface area contributed by atoms with Gasteiger partial charge in [0, 0.05) is 0 Å². The standard InChI is InChI=1S/C15H16NO5.3C4H9.Sn/c1-4-15(14(19)21-3,10-12(17)20-2)16-13(18)11-8-6-5-7-9-11;3*1-3-4-2;/h1,4-9H,10H2,2-3H3,(H,16,18);3*1,3-4H2,2H3;/t15-;;;;/m0..../s1. The Hall–Kier alpha value is -1.83. The first-order chi connectivity index (χ1) is 16.3. The predicted octanol–water partition coefficient (Wildman–Crippen LogP) is 5.84. The van der Waals surface area contributed by atoms with E-state index in [0.717, 1.165) is 38.5 Å². The topological polar surface area (TPSA) is 81.7 Å². The van der Waals surface area contributed by atoms with Gasteiger partial charge >= 0.3 is 210 Å². The number of nitrogens with one attached hydrogen (secondary N) is 1. The van der Waals surface area contributed by atoms with Gasteiger partial charge in [0.15, 0.2) is 0 Å². The van der Waals surface area contributed by atoms with Crippen molar-refractivity contribution in [2.24, 2.45) is 0 Å². The summed E-state index contributed by atoms with van der Waals surface area (Å²) < 4.78 is 15.9. The number of ether oxygens (including phenoxy) is 2. The molecule has 0 heterocycles. The van der Waals surface area contributed by atoms with E-state index < -0.39 is 41.8 Å². The number of carbonyl (C=O) groups is 3. The quantitative estimate of drug-likeness (QED) is 0.197. The van der Waals surface area contributed by atoms with E-state index in [-0.39, 0.29) is 6.42 Å². The van der Waals surface area contributed by atoms with Crippen molar-refractivity contribution in [1.29, 1.82) is 0 Å². The average Bonchev–Trinajstić information content (AvgIpc) is 2.87. The third-order valence-corrected chi connectivity index (χ3v) is 20.4. The molecule has 0 fully saturated rings. The van der Waals surface area contributed by atoms with E-state index in [0.29, 0.717) is 5.56 Å². The van der Waals surface area contributed by atoms with E-state index in [9.17, 15) is 14.4 Å². The van der Waals surface area contributed by atoms with Gasteiger partial charge in [0.2, 0.25) is 0 Å². The molecule has 7 heteroatoms. The number of unbranched alkanes of at least 4 members (excludes halogenated alkanes) is 3. The van der Waals surface area contributed by atoms with Crippen molar-refractivity contribution in [3.05, 3.63) is 46.1 Å². The molecule has 0 aliphatic rings. The van der Waals surface area contributed by atoms with Crippen LogP contribution in [0.25, 0.3) is 0 Å². The predicted molar refractivity (Wildman–Crippen MR) is 139 cm³/mol. The maximum absolute atomic E-state index is 13.1. The molecule has 0 aromatic heterocycles. The number of hydrogen-bond donors (Lipinski definition) is 1. The van der Waals surface area contributed by atoms with Crippen LogP contribution in [0.3, 0.4) is 0 Å². The number of amides is 1. The first-order valence-corrected chi connectivity index (χ1v) is 20.2. The summed E-state index contributed by atoms with van der Waals surface area (Å²) in [5.74, 6) is -1.68. The average molecular weight is 580 g/mol. The first-order valence-electron chi connectivity index (χ1n) is 12.5. The molecule has 0 radical (unpaired) electrons. The van der Waals surface area contributed by atoms with Crippen molar-refractivity contribution in [2.45, 2.75) is 84.6 Å². The van der Waals surface area contributed by atoms with Gasteiger partial charge in [-0.15, -0.1) is 0 Å². The maximum atomic E-state index is 13.1. The molecule has 0 unspecified atom stereocenters. The molecule has 0 saturated carbocycles. The van der Waals surface area contributed by atoms with Crippen LogP contribution < -0.4 is 5.32 Å². The zero-order chi connectivity index (χ0) is 25.5. The van der Waals surface area contributed by atoms with Crippen LogP contribution in [0.15, 0.2) is 40.5 Å². The molecule has 1 rings (SSSR count). The van der Waals surface area contributed by atoms with Crippen LogP contribution in [0.5, 0.6) is 0 Å². The Kier molecular flexibility index (Phi) is 14.2. The van der Waals surface area contributed by atoms with Crippen molar-refractivity contribution in [3.63, 3.8) is 0 Å². The van der Waals surface area contributed by atoms with E-state index in [4.69, 9.17) is 9.47 Å². The van der Waals surface area contributed by atoms with E-state index in [1.807, 2.05) is 6.07 Å². The van der Waals surface area contributed by atoms with Crippen LogP contribution in [0, 0.1) is 0 Å². The summed E-state index contributed by atoms with van der Waals surface area (Å²) in [6, 6.07) is 8.68. The summed E-state index contributed by atoms with van der Waals surface area (Å²) in [5, 5.41) is 2.84. The van der Waals surface area contributed by atoms with Gasteiger partial charge in [0.1, 0.15) is 0 Å². The van der Waals surface area contributed by atoms with Gasteiger partial charge in [0.25, 0.3) is 0 Å². The number of methoxy groups -OCH3 is 2. The SMILES string of the molecule is CCC[CH2][Sn](/[CH]=C/[C@@](CC(=O)OC)(NC(=O)c1ccccc1)C(=O)OC)([CH2]CCC)[CH2]CCC. The molecule has 190 valence electrons. The second-order valence-electron chi connectivity index (χ2n) is 9.04. The number of carbonyl (C=O) groups excluding carboxylic acids is 3. The zero-order valence-electron chi connectivity index (χ0n) is 21.7. The van der Waals surface area contributed by atoms with Crippen LogP contribution in [0.2, 0.25) is 13.3 Å². The van der Waals surface area contributed by atoms with Gasteiger partial charge in [-0.25, -0.2) is 0 Å². The van der Waals surface area contributed by atoms with Gasteiger partial charge < -0.3 is 0 Å². The molecule has 1 aromatic carbocycles. The molecule has 0 aliphatic carbocycles. The second-order valence-corrected chi connectivity index (χ2v) is 22.1. The van der Waals surface area contributed by atoms with Crippen LogP contribution in [0.4, 0.5) is 0 Å². The fourth-order valence-electron chi connectivity index (χ4n) is 4.21. The molecule has 1 aromatic rings. The second kappa shape index (κ2) is 16.0. The van der Waals surface area contributed by atoms with Crippen molar-refractivity contribution < 1.29 is 23.9 Å². The monoisotopic (exact) mass is 581 g/mol. The van der Waals surface area contributed by atoms with Crippen molar-refractivity contribution >= 4 is 36.2 Å². The third-order valence-electron chi connectivity index (χ3n) is 6.38. The normalized spacial score (nSPS) is 13.3. The molecule has 1 atom stereocenters. The minimum absolute atomic E-state index is 0.317. The molecular formula is C27H43NO5Sn. The Morgan fingerprint density at radius 1 is 0.882 bits per heavy atom. The van der Waals surface area contributed by atoms with Crippen molar-refractivity contribution in [3.8, 4) is 0 Å². The number of esters is 2. The van der Waals surface area contributed by atoms with Gasteiger partial charge in [-0.2, -0.15) is 0 Å². The molecule has 0 bridgehead atoms. The Bertz CT molecular complexity index is 774. The Balaban J connectivity index is 3.53. The summed E-state index contributed by atoms with van der Waals surface area (Å²) in [6.45, 7) is 6.61. The fraction of sp³-hybridized carbons (Fsp3) is 0.593. The molecule has 1 N–H and O–H groups in total. The fourth-order valence-corrected chi connectivity index (χ4v) is 18.7. The summed E-state index contributed by atoms with van der Waals surface area (Å²) in [4.78, 5) is 38.7. The van der Waals surface area contributed by atoms with Crippen LogP contribution >= 0.6 is 0 Å². The van der Waals surface area contributed by atoms with Crippen molar-refractivity contribution in [2.75, 3.05) is 14.2 Å². The minimum atomic E-state index is -2.83. The molecule has 0 aliphatic heterocycles. The third kappa shape index (κ3) is 9.43. The Labute approximate surface area is 209 Å². The summed E-state index contributed by atoms with van der Waals surface area (Å²) in [5.41, 5.74) is -1.20. The molecule has 6 nitrogen and oxygen atoms in total. The van der Waals surface area contributed by atoms with Crippen molar-refractivity contribution in [1.82, 2.24) is 5.32 Å².